The van der Waals surface area contributed by atoms with Gasteiger partial charge in [0, 0.05) is 17.7 Å². The van der Waals surface area contributed by atoms with Crippen molar-refractivity contribution >= 4 is 21.8 Å². The maximum absolute atomic E-state index is 12.5. The first kappa shape index (κ1) is 18.1. The van der Waals surface area contributed by atoms with Crippen LogP contribution < -0.4 is 5.32 Å². The summed E-state index contributed by atoms with van der Waals surface area (Å²) in [6, 6.07) is 16.9. The Balaban J connectivity index is 1.80. The van der Waals surface area contributed by atoms with E-state index in [1.807, 2.05) is 48.5 Å². The van der Waals surface area contributed by atoms with Crippen molar-refractivity contribution in [2.24, 2.45) is 5.92 Å². The molecule has 1 aliphatic heterocycles. The van der Waals surface area contributed by atoms with Gasteiger partial charge in [-0.25, -0.2) is 0 Å². The highest BCUT2D eigenvalue weighted by molar-refractivity contribution is 9.10. The van der Waals surface area contributed by atoms with Crippen molar-refractivity contribution in [3.8, 4) is 0 Å². The summed E-state index contributed by atoms with van der Waals surface area (Å²) in [4.78, 5) is 12.5. The number of hydrogen-bond acceptors (Lipinski definition) is 3. The maximum Gasteiger partial charge on any atom is 0.252 e. The number of ether oxygens (including phenoxy) is 1. The van der Waals surface area contributed by atoms with Crippen LogP contribution in [0.1, 0.15) is 28.8 Å². The number of aliphatic hydroxyl groups is 1. The first-order chi connectivity index (χ1) is 12.1. The minimum atomic E-state index is -1.11. The Morgan fingerprint density at radius 2 is 1.76 bits per heavy atom. The highest BCUT2D eigenvalue weighted by Gasteiger charge is 2.39. The summed E-state index contributed by atoms with van der Waals surface area (Å²) >= 11 is 3.40. The molecule has 1 fully saturated rings. The molecule has 1 unspecified atom stereocenters. The van der Waals surface area contributed by atoms with Gasteiger partial charge in [0.15, 0.2) is 0 Å². The molecule has 3 rings (SSSR count). The van der Waals surface area contributed by atoms with Crippen LogP contribution in [0.2, 0.25) is 0 Å². The molecule has 1 heterocycles. The topological polar surface area (TPSA) is 58.6 Å². The molecule has 0 aromatic heterocycles. The van der Waals surface area contributed by atoms with E-state index in [-0.39, 0.29) is 18.4 Å². The quantitative estimate of drug-likeness (QED) is 0.802. The second-order valence-corrected chi connectivity index (χ2v) is 7.19. The molecule has 1 aliphatic rings. The summed E-state index contributed by atoms with van der Waals surface area (Å²) in [7, 11) is 0. The predicted molar refractivity (Wildman–Crippen MR) is 100 cm³/mol. The summed E-state index contributed by atoms with van der Waals surface area (Å²) < 4.78 is 6.17. The van der Waals surface area contributed by atoms with Crippen LogP contribution in [0, 0.1) is 5.92 Å². The van der Waals surface area contributed by atoms with Crippen LogP contribution >= 0.6 is 15.9 Å². The molecule has 25 heavy (non-hydrogen) atoms. The van der Waals surface area contributed by atoms with Gasteiger partial charge in [0.2, 0.25) is 0 Å². The zero-order valence-corrected chi connectivity index (χ0v) is 15.5. The molecule has 0 aliphatic carbocycles. The number of rotatable bonds is 5. The molecule has 0 radical (unpaired) electrons. The molecule has 2 N–H and O–H groups in total. The van der Waals surface area contributed by atoms with E-state index in [9.17, 15) is 9.90 Å². The minimum absolute atomic E-state index is 0.0446. The molecule has 0 spiro atoms. The van der Waals surface area contributed by atoms with Crippen LogP contribution in [0.5, 0.6) is 0 Å². The molecular formula is C20H22BrNO3. The number of halogens is 1. The molecule has 1 amide bonds. The molecule has 132 valence electrons. The van der Waals surface area contributed by atoms with Gasteiger partial charge in [0.25, 0.3) is 5.91 Å². The largest absolute Gasteiger partial charge is 0.383 e. The number of amides is 1. The number of carbonyl (C=O) groups excluding carboxylic acids is 1. The Kier molecular flexibility index (Phi) is 5.89. The van der Waals surface area contributed by atoms with Crippen molar-refractivity contribution in [2.75, 3.05) is 19.8 Å². The third-order valence-electron chi connectivity index (χ3n) is 4.81. The van der Waals surface area contributed by atoms with E-state index in [1.165, 1.54) is 0 Å². The molecular weight excluding hydrogens is 382 g/mol. The lowest BCUT2D eigenvalue weighted by molar-refractivity contribution is -0.0680. The van der Waals surface area contributed by atoms with Crippen LogP contribution in [0.25, 0.3) is 0 Å². The third kappa shape index (κ3) is 4.11. The summed E-state index contributed by atoms with van der Waals surface area (Å²) in [6.07, 6.45) is 1.55. The zero-order valence-electron chi connectivity index (χ0n) is 14.0. The summed E-state index contributed by atoms with van der Waals surface area (Å²) in [6.45, 7) is 1.44. The Morgan fingerprint density at radius 3 is 2.44 bits per heavy atom. The van der Waals surface area contributed by atoms with Gasteiger partial charge >= 0.3 is 0 Å². The highest BCUT2D eigenvalue weighted by atomic mass is 79.9. The number of carbonyl (C=O) groups is 1. The van der Waals surface area contributed by atoms with Crippen LogP contribution in [0.4, 0.5) is 0 Å². The average molecular weight is 404 g/mol. The van der Waals surface area contributed by atoms with Crippen LogP contribution in [-0.4, -0.2) is 30.8 Å². The molecule has 0 bridgehead atoms. The molecule has 2 aromatic rings. The molecule has 1 atom stereocenters. The lowest BCUT2D eigenvalue weighted by atomic mass is 9.77. The third-order valence-corrected chi connectivity index (χ3v) is 5.50. The Morgan fingerprint density at radius 1 is 1.12 bits per heavy atom. The van der Waals surface area contributed by atoms with Crippen molar-refractivity contribution < 1.29 is 14.6 Å². The lowest BCUT2D eigenvalue weighted by Gasteiger charge is -2.39. The molecule has 5 heteroatoms. The van der Waals surface area contributed by atoms with E-state index < -0.39 is 5.60 Å². The molecule has 4 nitrogen and oxygen atoms in total. The van der Waals surface area contributed by atoms with E-state index in [4.69, 9.17) is 4.74 Å². The first-order valence-corrected chi connectivity index (χ1v) is 9.29. The van der Waals surface area contributed by atoms with Gasteiger partial charge < -0.3 is 15.2 Å². The zero-order chi connectivity index (χ0) is 17.7. The van der Waals surface area contributed by atoms with Crippen molar-refractivity contribution in [1.29, 1.82) is 0 Å². The summed E-state index contributed by atoms with van der Waals surface area (Å²) in [5.74, 6) is -0.156. The van der Waals surface area contributed by atoms with Gasteiger partial charge in [0.1, 0.15) is 5.60 Å². The number of benzene rings is 2. The van der Waals surface area contributed by atoms with Gasteiger partial charge in [0.05, 0.1) is 12.1 Å². The molecule has 1 saturated heterocycles. The van der Waals surface area contributed by atoms with Crippen molar-refractivity contribution in [1.82, 2.24) is 5.32 Å². The average Bonchev–Trinajstić information content (AvgIpc) is 2.67. The Hall–Kier alpha value is -1.69. The fourth-order valence-corrected chi connectivity index (χ4v) is 3.80. The van der Waals surface area contributed by atoms with Crippen molar-refractivity contribution in [2.45, 2.75) is 18.4 Å². The van der Waals surface area contributed by atoms with Crippen LogP contribution in [0.3, 0.4) is 0 Å². The Labute approximate surface area is 156 Å². The van der Waals surface area contributed by atoms with E-state index in [0.717, 1.165) is 22.9 Å². The predicted octanol–water partition coefficient (Wildman–Crippen LogP) is 3.49. The van der Waals surface area contributed by atoms with E-state index in [2.05, 4.69) is 21.2 Å². The number of nitrogens with one attached hydrogen (secondary N) is 1. The van der Waals surface area contributed by atoms with Gasteiger partial charge in [-0.05, 0) is 52.4 Å². The van der Waals surface area contributed by atoms with Crippen molar-refractivity contribution in [3.05, 3.63) is 70.2 Å². The summed E-state index contributed by atoms with van der Waals surface area (Å²) in [5.41, 5.74) is 0.279. The van der Waals surface area contributed by atoms with Gasteiger partial charge in [-0.1, -0.05) is 42.5 Å². The summed E-state index contributed by atoms with van der Waals surface area (Å²) in [5, 5.41) is 14.4. The Bertz CT molecular complexity index is 716. The van der Waals surface area contributed by atoms with Gasteiger partial charge in [-0.3, -0.25) is 4.79 Å². The fraction of sp³-hybridized carbons (Fsp3) is 0.350. The van der Waals surface area contributed by atoms with E-state index in [0.29, 0.717) is 18.8 Å². The van der Waals surface area contributed by atoms with Crippen LogP contribution in [0.15, 0.2) is 59.1 Å². The van der Waals surface area contributed by atoms with Gasteiger partial charge in [-0.2, -0.15) is 0 Å². The monoisotopic (exact) mass is 403 g/mol. The normalized spacial score (nSPS) is 17.7. The number of hydrogen-bond donors (Lipinski definition) is 2. The van der Waals surface area contributed by atoms with Crippen molar-refractivity contribution in [3.63, 3.8) is 0 Å². The second-order valence-electron chi connectivity index (χ2n) is 6.34. The molecule has 2 aromatic carbocycles. The maximum atomic E-state index is 12.5. The van der Waals surface area contributed by atoms with Gasteiger partial charge in [-0.15, -0.1) is 0 Å². The first-order valence-electron chi connectivity index (χ1n) is 8.49. The van der Waals surface area contributed by atoms with E-state index >= 15 is 0 Å². The SMILES string of the molecule is O=C(NCC(O)(c1ccccc1)C1CCOCC1)c1ccccc1Br. The standard InChI is InChI=1S/C20H22BrNO3/c21-18-9-5-4-8-17(18)19(23)22-14-20(24,15-6-2-1-3-7-15)16-10-12-25-13-11-16/h1-9,16,24H,10-14H2,(H,22,23). The second kappa shape index (κ2) is 8.13. The molecule has 0 saturated carbocycles. The smallest absolute Gasteiger partial charge is 0.252 e. The lowest BCUT2D eigenvalue weighted by Crippen LogP contribution is -2.47. The fourth-order valence-electron chi connectivity index (χ4n) is 3.34. The minimum Gasteiger partial charge on any atom is -0.383 e. The van der Waals surface area contributed by atoms with Crippen LogP contribution in [-0.2, 0) is 10.3 Å². The highest BCUT2D eigenvalue weighted by Crippen LogP contribution is 2.35. The van der Waals surface area contributed by atoms with E-state index in [1.54, 1.807) is 6.07 Å².